The number of hydrogen-bond acceptors (Lipinski definition) is 9. The fourth-order valence-electron chi connectivity index (χ4n) is 2.89. The lowest BCUT2D eigenvalue weighted by atomic mass is 10.1. The van der Waals surface area contributed by atoms with E-state index in [1.807, 2.05) is 0 Å². The third-order valence-electron chi connectivity index (χ3n) is 4.43. The van der Waals surface area contributed by atoms with Crippen molar-refractivity contribution in [1.82, 2.24) is 4.98 Å². The average Bonchev–Trinajstić information content (AvgIpc) is 3.40. The van der Waals surface area contributed by atoms with Gasteiger partial charge in [-0.25, -0.2) is 19.0 Å². The first-order valence-electron chi connectivity index (χ1n) is 9.95. The van der Waals surface area contributed by atoms with Crippen molar-refractivity contribution >= 4 is 45.2 Å². The largest absolute Gasteiger partial charge is 0.462 e. The molecule has 10 heteroatoms. The Morgan fingerprint density at radius 1 is 1.18 bits per heavy atom. The molecule has 3 rings (SSSR count). The number of nitriles is 1. The number of halogens is 1. The predicted molar refractivity (Wildman–Crippen MR) is 126 cm³/mol. The standard InChI is InChI=1S/C23H20FN3O4S2/c1-4-30-22(28)18-13(3)19(23(29)31-5-2)33-21(18)26-11-15(10-25)20-27-17(12-32-20)14-6-8-16(24)9-7-14/h6-9,11-12,26H,4-5H2,1-3H3. The first kappa shape index (κ1) is 24.1. The predicted octanol–water partition coefficient (Wildman–Crippen LogP) is 5.65. The van der Waals surface area contributed by atoms with Gasteiger partial charge in [0.05, 0.1) is 24.5 Å². The first-order chi connectivity index (χ1) is 15.9. The van der Waals surface area contributed by atoms with Crippen molar-refractivity contribution in [2.75, 3.05) is 18.5 Å². The summed E-state index contributed by atoms with van der Waals surface area (Å²) in [4.78, 5) is 29.6. The molecule has 0 aliphatic heterocycles. The number of aromatic nitrogens is 1. The maximum Gasteiger partial charge on any atom is 0.348 e. The molecule has 33 heavy (non-hydrogen) atoms. The molecule has 0 saturated carbocycles. The van der Waals surface area contributed by atoms with Gasteiger partial charge in [-0.05, 0) is 50.6 Å². The molecule has 1 N–H and O–H groups in total. The molecule has 0 amide bonds. The zero-order valence-corrected chi connectivity index (χ0v) is 19.7. The molecule has 0 atom stereocenters. The van der Waals surface area contributed by atoms with E-state index >= 15 is 0 Å². The topological polar surface area (TPSA) is 101 Å². The first-order valence-corrected chi connectivity index (χ1v) is 11.6. The minimum atomic E-state index is -0.580. The highest BCUT2D eigenvalue weighted by atomic mass is 32.1. The molecular weight excluding hydrogens is 465 g/mol. The third kappa shape index (κ3) is 5.45. The molecule has 0 radical (unpaired) electrons. The van der Waals surface area contributed by atoms with Gasteiger partial charge in [0, 0.05) is 17.1 Å². The maximum atomic E-state index is 13.2. The molecular formula is C23H20FN3O4S2. The summed E-state index contributed by atoms with van der Waals surface area (Å²) in [6, 6.07) is 7.99. The molecule has 0 saturated heterocycles. The van der Waals surface area contributed by atoms with E-state index in [9.17, 15) is 19.2 Å². The van der Waals surface area contributed by atoms with Crippen LogP contribution in [0.3, 0.4) is 0 Å². The molecule has 0 fully saturated rings. The molecule has 170 valence electrons. The lowest BCUT2D eigenvalue weighted by Crippen LogP contribution is -2.09. The van der Waals surface area contributed by atoms with Gasteiger partial charge in [-0.15, -0.1) is 22.7 Å². The van der Waals surface area contributed by atoms with Crippen molar-refractivity contribution < 1.29 is 23.5 Å². The molecule has 0 bridgehead atoms. The molecule has 7 nitrogen and oxygen atoms in total. The monoisotopic (exact) mass is 485 g/mol. The highest BCUT2D eigenvalue weighted by Gasteiger charge is 2.26. The van der Waals surface area contributed by atoms with E-state index in [-0.39, 0.29) is 35.0 Å². The van der Waals surface area contributed by atoms with Crippen LogP contribution >= 0.6 is 22.7 Å². The number of carbonyl (C=O) groups excluding carboxylic acids is 2. The quantitative estimate of drug-likeness (QED) is 0.325. The number of thiophene rings is 1. The Hall–Kier alpha value is -3.55. The Bertz CT molecular complexity index is 1240. The van der Waals surface area contributed by atoms with Crippen molar-refractivity contribution in [3.63, 3.8) is 0 Å². The zero-order chi connectivity index (χ0) is 24.0. The van der Waals surface area contributed by atoms with Gasteiger partial charge in [0.2, 0.25) is 0 Å². The van der Waals surface area contributed by atoms with E-state index in [1.54, 1.807) is 38.3 Å². The van der Waals surface area contributed by atoms with Crippen LogP contribution in [0.2, 0.25) is 0 Å². The van der Waals surface area contributed by atoms with Gasteiger partial charge in [-0.3, -0.25) is 0 Å². The van der Waals surface area contributed by atoms with E-state index < -0.39 is 11.9 Å². The summed E-state index contributed by atoms with van der Waals surface area (Å²) in [6.45, 7) is 5.40. The fraction of sp³-hybridized carbons (Fsp3) is 0.217. The van der Waals surface area contributed by atoms with Crippen LogP contribution in [0.5, 0.6) is 0 Å². The number of ether oxygens (including phenoxy) is 2. The van der Waals surface area contributed by atoms with Crippen molar-refractivity contribution in [1.29, 1.82) is 5.26 Å². The fourth-order valence-corrected chi connectivity index (χ4v) is 4.74. The van der Waals surface area contributed by atoms with Crippen LogP contribution in [-0.2, 0) is 9.47 Å². The van der Waals surface area contributed by atoms with Gasteiger partial charge in [-0.1, -0.05) is 0 Å². The van der Waals surface area contributed by atoms with Gasteiger partial charge in [0.25, 0.3) is 0 Å². The highest BCUT2D eigenvalue weighted by molar-refractivity contribution is 7.18. The number of hydrogen-bond donors (Lipinski definition) is 1. The highest BCUT2D eigenvalue weighted by Crippen LogP contribution is 2.35. The molecule has 0 unspecified atom stereocenters. The second-order valence-electron chi connectivity index (χ2n) is 6.56. The summed E-state index contributed by atoms with van der Waals surface area (Å²) in [7, 11) is 0. The number of nitrogens with zero attached hydrogens (tertiary/aromatic N) is 2. The van der Waals surface area contributed by atoms with Crippen LogP contribution in [-0.4, -0.2) is 30.1 Å². The van der Waals surface area contributed by atoms with Gasteiger partial charge in [-0.2, -0.15) is 5.26 Å². The number of thiazole rings is 1. The number of carbonyl (C=O) groups is 2. The summed E-state index contributed by atoms with van der Waals surface area (Å²) in [5, 5.41) is 15.2. The third-order valence-corrected chi connectivity index (χ3v) is 6.51. The summed E-state index contributed by atoms with van der Waals surface area (Å²) < 4.78 is 23.4. The van der Waals surface area contributed by atoms with Crippen molar-refractivity contribution in [3.05, 3.63) is 62.7 Å². The smallest absolute Gasteiger partial charge is 0.348 e. The minimum absolute atomic E-state index is 0.173. The Balaban J connectivity index is 1.93. The van der Waals surface area contributed by atoms with Gasteiger partial charge < -0.3 is 14.8 Å². The van der Waals surface area contributed by atoms with Crippen LogP contribution in [0.15, 0.2) is 35.8 Å². The molecule has 1 aromatic carbocycles. The summed E-state index contributed by atoms with van der Waals surface area (Å²) in [5.74, 6) is -1.46. The SMILES string of the molecule is CCOC(=O)c1sc(NC=C(C#N)c2nc(-c3ccc(F)cc3)cs2)c(C(=O)OCC)c1C. The van der Waals surface area contributed by atoms with Crippen molar-refractivity contribution in [3.8, 4) is 17.3 Å². The summed E-state index contributed by atoms with van der Waals surface area (Å²) >= 11 is 2.30. The van der Waals surface area contributed by atoms with Gasteiger partial charge in [0.15, 0.2) is 0 Å². The van der Waals surface area contributed by atoms with E-state index in [1.165, 1.54) is 29.7 Å². The van der Waals surface area contributed by atoms with Crippen LogP contribution in [0.1, 0.15) is 44.4 Å². The van der Waals surface area contributed by atoms with Gasteiger partial charge >= 0.3 is 11.9 Å². The van der Waals surface area contributed by atoms with Crippen molar-refractivity contribution in [2.24, 2.45) is 0 Å². The van der Waals surface area contributed by atoms with Gasteiger partial charge in [0.1, 0.15) is 32.3 Å². The lowest BCUT2D eigenvalue weighted by molar-refractivity contribution is 0.0527. The van der Waals surface area contributed by atoms with Crippen LogP contribution in [0, 0.1) is 24.1 Å². The maximum absolute atomic E-state index is 13.2. The van der Waals surface area contributed by atoms with Crippen LogP contribution in [0.25, 0.3) is 16.8 Å². The zero-order valence-electron chi connectivity index (χ0n) is 18.1. The molecule has 2 aromatic heterocycles. The lowest BCUT2D eigenvalue weighted by Gasteiger charge is -2.05. The average molecular weight is 486 g/mol. The molecule has 0 aliphatic rings. The number of benzene rings is 1. The number of anilines is 1. The Morgan fingerprint density at radius 3 is 2.48 bits per heavy atom. The van der Waals surface area contributed by atoms with Crippen LogP contribution < -0.4 is 5.32 Å². The van der Waals surface area contributed by atoms with Crippen LogP contribution in [0.4, 0.5) is 9.39 Å². The normalized spacial score (nSPS) is 11.1. The van der Waals surface area contributed by atoms with E-state index in [2.05, 4.69) is 16.4 Å². The molecule has 2 heterocycles. The second-order valence-corrected chi connectivity index (χ2v) is 8.44. The summed E-state index contributed by atoms with van der Waals surface area (Å²) in [6.07, 6.45) is 1.43. The Kier molecular flexibility index (Phi) is 7.92. The Labute approximate surface area is 198 Å². The van der Waals surface area contributed by atoms with E-state index in [0.29, 0.717) is 21.3 Å². The number of rotatable bonds is 8. The minimum Gasteiger partial charge on any atom is -0.462 e. The molecule has 0 spiro atoms. The summed E-state index contributed by atoms with van der Waals surface area (Å²) in [5.41, 5.74) is 2.22. The number of nitrogens with one attached hydrogen (secondary N) is 1. The molecule has 0 aliphatic carbocycles. The van der Waals surface area contributed by atoms with E-state index in [0.717, 1.165) is 16.9 Å². The van der Waals surface area contributed by atoms with Crippen molar-refractivity contribution in [2.45, 2.75) is 20.8 Å². The second kappa shape index (κ2) is 10.8. The Morgan fingerprint density at radius 2 is 1.85 bits per heavy atom. The number of allylic oxidation sites excluding steroid dienone is 1. The molecule has 3 aromatic rings. The number of esters is 2. The van der Waals surface area contributed by atoms with E-state index in [4.69, 9.17) is 9.47 Å².